The summed E-state index contributed by atoms with van der Waals surface area (Å²) in [7, 11) is -1.15. The maximum absolute atomic E-state index is 10.4. The lowest BCUT2D eigenvalue weighted by molar-refractivity contribution is -0.136. The fraction of sp³-hybridized carbons (Fsp3) is 0.364. The zero-order valence-electron chi connectivity index (χ0n) is 9.83. The Morgan fingerprint density at radius 1 is 1.41 bits per heavy atom. The maximum atomic E-state index is 10.4. The minimum Gasteiger partial charge on any atom is -0.481 e. The van der Waals surface area contributed by atoms with Crippen LogP contribution in [0.15, 0.2) is 29.0 Å². The zero-order chi connectivity index (χ0) is 12.9. The Kier molecular flexibility index (Phi) is 4.73. The number of carbonyl (C=O) groups is 1. The van der Waals surface area contributed by atoms with Crippen LogP contribution in [0.1, 0.15) is 12.0 Å². The van der Waals surface area contributed by atoms with Gasteiger partial charge in [-0.05, 0) is 24.1 Å². The number of nitrogens with zero attached hydrogens (tertiary/aromatic N) is 1. The van der Waals surface area contributed by atoms with E-state index in [1.54, 1.807) is 30.9 Å². The van der Waals surface area contributed by atoms with Gasteiger partial charge >= 0.3 is 5.97 Å². The quantitative estimate of drug-likeness (QED) is 0.793. The molecule has 94 valence electrons. The first-order valence-corrected chi connectivity index (χ1v) is 7.20. The van der Waals surface area contributed by atoms with Crippen molar-refractivity contribution in [1.82, 2.24) is 0 Å². The van der Waals surface area contributed by atoms with Gasteiger partial charge in [0.15, 0.2) is 0 Å². The van der Waals surface area contributed by atoms with Crippen molar-refractivity contribution in [1.29, 1.82) is 0 Å². The van der Waals surface area contributed by atoms with E-state index in [-0.39, 0.29) is 6.42 Å². The number of carboxylic acids is 1. The van der Waals surface area contributed by atoms with Gasteiger partial charge in [0.1, 0.15) is 5.75 Å². The largest absolute Gasteiger partial charge is 0.481 e. The van der Waals surface area contributed by atoms with Crippen molar-refractivity contribution in [3.63, 3.8) is 0 Å². The Bertz CT molecular complexity index is 435. The van der Waals surface area contributed by atoms with Crippen molar-refractivity contribution in [2.24, 2.45) is 4.74 Å². The molecule has 0 aliphatic rings. The molecular weight excluding hydrogens is 241 g/mol. The van der Waals surface area contributed by atoms with Crippen LogP contribution in [0.2, 0.25) is 0 Å². The molecular formula is C11H16NO4P. The van der Waals surface area contributed by atoms with Gasteiger partial charge in [0.25, 0.3) is 7.51 Å². The van der Waals surface area contributed by atoms with E-state index in [4.69, 9.17) is 9.63 Å². The van der Waals surface area contributed by atoms with Crippen molar-refractivity contribution >= 4 is 13.5 Å². The van der Waals surface area contributed by atoms with Crippen LogP contribution in [0.5, 0.6) is 5.75 Å². The molecule has 0 spiro atoms. The third kappa shape index (κ3) is 5.02. The van der Waals surface area contributed by atoms with Crippen LogP contribution in [-0.4, -0.2) is 29.7 Å². The van der Waals surface area contributed by atoms with Crippen molar-refractivity contribution in [3.8, 4) is 5.75 Å². The van der Waals surface area contributed by atoms with Crippen LogP contribution in [0, 0.1) is 0 Å². The zero-order valence-corrected chi connectivity index (χ0v) is 10.7. The summed E-state index contributed by atoms with van der Waals surface area (Å²) in [6.45, 7) is 1.55. The molecule has 0 aromatic heterocycles. The van der Waals surface area contributed by atoms with E-state index in [1.807, 2.05) is 0 Å². The summed E-state index contributed by atoms with van der Waals surface area (Å²) < 4.78 is 9.08. The molecule has 1 rings (SSSR count). The molecule has 0 saturated carbocycles. The summed E-state index contributed by atoms with van der Waals surface area (Å²) in [5.74, 6) is -0.281. The molecule has 0 saturated heterocycles. The highest BCUT2D eigenvalue weighted by Gasteiger charge is 2.08. The topological polar surface area (TPSA) is 79.1 Å². The molecule has 0 fully saturated rings. The van der Waals surface area contributed by atoms with Crippen molar-refractivity contribution in [3.05, 3.63) is 29.8 Å². The Balaban J connectivity index is 2.65. The molecule has 0 aliphatic heterocycles. The Morgan fingerprint density at radius 2 is 2.00 bits per heavy atom. The first kappa shape index (κ1) is 13.7. The number of aliphatic carboxylic acids is 1. The van der Waals surface area contributed by atoms with Crippen LogP contribution in [-0.2, 0) is 11.2 Å². The van der Waals surface area contributed by atoms with Crippen molar-refractivity contribution in [2.75, 3.05) is 13.7 Å². The van der Waals surface area contributed by atoms with Gasteiger partial charge < -0.3 is 14.5 Å². The predicted molar refractivity (Wildman–Crippen MR) is 66.4 cm³/mol. The minimum absolute atomic E-state index is 0.106. The first-order valence-electron chi connectivity index (χ1n) is 5.14. The average Bonchev–Trinajstić information content (AvgIpc) is 2.28. The SMILES string of the molecule is CN=P(C)(O)Oc1ccc(CCC(=O)O)cc1. The monoisotopic (exact) mass is 257 g/mol. The third-order valence-corrected chi connectivity index (χ3v) is 3.50. The van der Waals surface area contributed by atoms with E-state index in [1.165, 1.54) is 7.05 Å². The molecule has 5 nitrogen and oxygen atoms in total. The summed E-state index contributed by atoms with van der Waals surface area (Å²) >= 11 is 0. The van der Waals surface area contributed by atoms with Gasteiger partial charge in [-0.3, -0.25) is 4.79 Å². The second-order valence-electron chi connectivity index (χ2n) is 3.66. The number of aryl methyl sites for hydroxylation is 1. The Labute approximate surface area is 100 Å². The number of hydrogen-bond donors (Lipinski definition) is 2. The van der Waals surface area contributed by atoms with Gasteiger partial charge in [0.2, 0.25) is 0 Å². The molecule has 1 aromatic carbocycles. The van der Waals surface area contributed by atoms with E-state index in [2.05, 4.69) is 4.74 Å². The van der Waals surface area contributed by atoms with E-state index in [0.29, 0.717) is 12.2 Å². The standard InChI is InChI=1S/C11H16NO4P/c1-12-17(2,15)16-10-6-3-9(4-7-10)5-8-11(13)14/h3-4,6-7,15H,5,8H2,1-2H3,(H,13,14). The minimum atomic E-state index is -2.66. The smallest absolute Gasteiger partial charge is 0.303 e. The Hall–Kier alpha value is -1.32. The molecule has 0 amide bonds. The first-order chi connectivity index (χ1) is 7.93. The Morgan fingerprint density at radius 3 is 2.47 bits per heavy atom. The average molecular weight is 257 g/mol. The summed E-state index contributed by atoms with van der Waals surface area (Å²) in [6, 6.07) is 6.98. The molecule has 1 atom stereocenters. The van der Waals surface area contributed by atoms with Gasteiger partial charge in [0.05, 0.1) is 0 Å². The second-order valence-corrected chi connectivity index (χ2v) is 5.92. The molecule has 0 heterocycles. The molecule has 17 heavy (non-hydrogen) atoms. The molecule has 6 heteroatoms. The molecule has 1 aromatic rings. The molecule has 2 N–H and O–H groups in total. The van der Waals surface area contributed by atoms with E-state index in [9.17, 15) is 9.69 Å². The molecule has 0 radical (unpaired) electrons. The summed E-state index contributed by atoms with van der Waals surface area (Å²) in [5.41, 5.74) is 0.922. The van der Waals surface area contributed by atoms with Crippen LogP contribution in [0.25, 0.3) is 0 Å². The van der Waals surface area contributed by atoms with E-state index in [0.717, 1.165) is 5.56 Å². The van der Waals surface area contributed by atoms with Gasteiger partial charge in [-0.1, -0.05) is 12.1 Å². The van der Waals surface area contributed by atoms with Crippen molar-refractivity contribution in [2.45, 2.75) is 12.8 Å². The summed E-state index contributed by atoms with van der Waals surface area (Å²) in [4.78, 5) is 20.1. The van der Waals surface area contributed by atoms with Crippen LogP contribution < -0.4 is 4.52 Å². The number of hydrogen-bond acceptors (Lipinski definition) is 3. The summed E-state index contributed by atoms with van der Waals surface area (Å²) in [5, 5.41) is 8.55. The fourth-order valence-electron chi connectivity index (χ4n) is 1.21. The number of carboxylic acid groups (broad SMARTS) is 1. The second kappa shape index (κ2) is 5.84. The number of benzene rings is 1. The lowest BCUT2D eigenvalue weighted by Gasteiger charge is -2.13. The van der Waals surface area contributed by atoms with Gasteiger partial charge in [-0.2, -0.15) is 0 Å². The highest BCUT2D eigenvalue weighted by Crippen LogP contribution is 2.41. The number of rotatable bonds is 5. The molecule has 0 aliphatic carbocycles. The molecule has 0 bridgehead atoms. The van der Waals surface area contributed by atoms with E-state index < -0.39 is 13.5 Å². The van der Waals surface area contributed by atoms with Gasteiger partial charge in [0, 0.05) is 20.1 Å². The van der Waals surface area contributed by atoms with Crippen LogP contribution in [0.4, 0.5) is 0 Å². The highest BCUT2D eigenvalue weighted by atomic mass is 31.2. The predicted octanol–water partition coefficient (Wildman–Crippen LogP) is 2.37. The molecule has 1 unspecified atom stereocenters. The fourth-order valence-corrected chi connectivity index (χ4v) is 1.81. The lowest BCUT2D eigenvalue weighted by atomic mass is 10.1. The van der Waals surface area contributed by atoms with Crippen LogP contribution >= 0.6 is 7.51 Å². The maximum Gasteiger partial charge on any atom is 0.303 e. The highest BCUT2D eigenvalue weighted by molar-refractivity contribution is 7.54. The lowest BCUT2D eigenvalue weighted by Crippen LogP contribution is -1.97. The normalized spacial score (nSPS) is 13.8. The third-order valence-electron chi connectivity index (χ3n) is 2.20. The van der Waals surface area contributed by atoms with Gasteiger partial charge in [-0.15, -0.1) is 0 Å². The van der Waals surface area contributed by atoms with Crippen molar-refractivity contribution < 1.29 is 19.3 Å². The summed E-state index contributed by atoms with van der Waals surface area (Å²) in [6.07, 6.45) is 0.592. The van der Waals surface area contributed by atoms with E-state index >= 15 is 0 Å². The van der Waals surface area contributed by atoms with Gasteiger partial charge in [-0.25, -0.2) is 4.74 Å². The van der Waals surface area contributed by atoms with Crippen LogP contribution in [0.3, 0.4) is 0 Å².